The Morgan fingerprint density at radius 1 is 0.980 bits per heavy atom. The van der Waals surface area contributed by atoms with Gasteiger partial charge in [0, 0.05) is 30.6 Å². The topological polar surface area (TPSA) is 77.4 Å². The molecule has 1 unspecified atom stereocenters. The zero-order valence-electron chi connectivity index (χ0n) is 29.5. The molecule has 6 heteroatoms. The van der Waals surface area contributed by atoms with E-state index in [1.807, 2.05) is 43.4 Å². The Bertz CT molecular complexity index is 1870. The van der Waals surface area contributed by atoms with Crippen LogP contribution in [0.3, 0.4) is 0 Å². The number of aryl methyl sites for hydroxylation is 1. The number of rotatable bonds is 17. The van der Waals surface area contributed by atoms with Gasteiger partial charge in [-0.15, -0.1) is 0 Å². The second-order valence-corrected chi connectivity index (χ2v) is 12.8. The molecule has 2 N–H and O–H groups in total. The van der Waals surface area contributed by atoms with Gasteiger partial charge in [-0.05, 0) is 110 Å². The average Bonchev–Trinajstić information content (AvgIpc) is 3.49. The van der Waals surface area contributed by atoms with E-state index in [-0.39, 0.29) is 0 Å². The van der Waals surface area contributed by atoms with Gasteiger partial charge in [-0.2, -0.15) is 5.26 Å². The summed E-state index contributed by atoms with van der Waals surface area (Å²) in [5.41, 5.74) is 8.20. The van der Waals surface area contributed by atoms with E-state index in [1.54, 1.807) is 0 Å². The van der Waals surface area contributed by atoms with E-state index in [1.165, 1.54) is 16.7 Å². The van der Waals surface area contributed by atoms with Gasteiger partial charge in [0.15, 0.2) is 0 Å². The first-order chi connectivity index (χ1) is 24.5. The van der Waals surface area contributed by atoms with Crippen LogP contribution in [-0.2, 0) is 23.1 Å². The predicted molar refractivity (Wildman–Crippen MR) is 207 cm³/mol. The molecule has 0 bridgehead atoms. The molecule has 0 aromatic heterocycles. The van der Waals surface area contributed by atoms with E-state index < -0.39 is 5.41 Å². The highest BCUT2D eigenvalue weighted by molar-refractivity contribution is 5.81. The number of nitriles is 1. The van der Waals surface area contributed by atoms with Gasteiger partial charge in [0.25, 0.3) is 0 Å². The maximum absolute atomic E-state index is 11.3. The SMILES string of the molecule is CCCN1/C(=C/C=C(C#N)/C=C/CC(Cc2ccccc2)(Cc2ccccc2C)c2cc(OCC)ccc2NCCC=O)Nc2ccccc21. The summed E-state index contributed by atoms with van der Waals surface area (Å²) >= 11 is 0. The molecule has 4 aromatic carbocycles. The maximum Gasteiger partial charge on any atom is 0.121 e. The molecule has 0 spiro atoms. The Morgan fingerprint density at radius 3 is 2.52 bits per heavy atom. The molecule has 0 saturated carbocycles. The van der Waals surface area contributed by atoms with Crippen molar-refractivity contribution in [3.8, 4) is 11.8 Å². The molecule has 0 fully saturated rings. The van der Waals surface area contributed by atoms with Crippen LogP contribution in [0.25, 0.3) is 0 Å². The fourth-order valence-corrected chi connectivity index (χ4v) is 6.76. The van der Waals surface area contributed by atoms with Crippen LogP contribution in [0, 0.1) is 18.3 Å². The molecule has 0 aliphatic carbocycles. The van der Waals surface area contributed by atoms with E-state index in [4.69, 9.17) is 4.74 Å². The lowest BCUT2D eigenvalue weighted by molar-refractivity contribution is -0.107. The van der Waals surface area contributed by atoms with Crippen LogP contribution < -0.4 is 20.3 Å². The lowest BCUT2D eigenvalue weighted by Gasteiger charge is -2.37. The summed E-state index contributed by atoms with van der Waals surface area (Å²) in [5, 5.41) is 17.4. The summed E-state index contributed by atoms with van der Waals surface area (Å²) in [4.78, 5) is 13.6. The fraction of sp³-hybridized carbons (Fsp3) is 0.273. The molecule has 4 aromatic rings. The van der Waals surface area contributed by atoms with Crippen molar-refractivity contribution in [2.75, 3.05) is 35.2 Å². The van der Waals surface area contributed by atoms with Gasteiger partial charge in [-0.1, -0.05) is 79.7 Å². The zero-order valence-corrected chi connectivity index (χ0v) is 29.5. The van der Waals surface area contributed by atoms with Crippen LogP contribution in [0.2, 0.25) is 0 Å². The third-order valence-corrected chi connectivity index (χ3v) is 9.18. The highest BCUT2D eigenvalue weighted by Gasteiger charge is 2.35. The normalized spacial score (nSPS) is 14.6. The molecule has 6 nitrogen and oxygen atoms in total. The molecule has 50 heavy (non-hydrogen) atoms. The van der Waals surface area contributed by atoms with E-state index in [2.05, 4.69) is 120 Å². The summed E-state index contributed by atoms with van der Waals surface area (Å²) in [6.45, 7) is 8.31. The molecule has 0 amide bonds. The van der Waals surface area contributed by atoms with Crippen LogP contribution in [0.4, 0.5) is 17.1 Å². The number of ether oxygens (including phenoxy) is 1. The van der Waals surface area contributed by atoms with Gasteiger partial charge in [0.05, 0.1) is 29.6 Å². The lowest BCUT2D eigenvalue weighted by Crippen LogP contribution is -2.33. The smallest absolute Gasteiger partial charge is 0.121 e. The highest BCUT2D eigenvalue weighted by atomic mass is 16.5. The van der Waals surface area contributed by atoms with Gasteiger partial charge in [-0.25, -0.2) is 0 Å². The van der Waals surface area contributed by atoms with E-state index >= 15 is 0 Å². The number of allylic oxidation sites excluding steroid dienone is 5. The Balaban J connectivity index is 1.59. The van der Waals surface area contributed by atoms with E-state index in [9.17, 15) is 10.1 Å². The number of anilines is 3. The first-order valence-electron chi connectivity index (χ1n) is 17.7. The molecular weight excluding hydrogens is 617 g/mol. The first kappa shape index (κ1) is 35.8. The lowest BCUT2D eigenvalue weighted by atomic mass is 9.68. The maximum atomic E-state index is 11.3. The minimum atomic E-state index is -0.424. The Kier molecular flexibility index (Phi) is 12.7. The summed E-state index contributed by atoms with van der Waals surface area (Å²) in [6.07, 6.45) is 12.6. The molecule has 1 atom stereocenters. The number of nitrogens with one attached hydrogen (secondary N) is 2. The molecule has 0 saturated heterocycles. The van der Waals surface area contributed by atoms with Crippen LogP contribution >= 0.6 is 0 Å². The number of hydrogen-bond donors (Lipinski definition) is 2. The Labute approximate surface area is 297 Å². The number of carbonyl (C=O) groups is 1. The minimum absolute atomic E-state index is 0.414. The molecule has 1 aliphatic rings. The Morgan fingerprint density at radius 2 is 1.76 bits per heavy atom. The van der Waals surface area contributed by atoms with Crippen molar-refractivity contribution in [3.05, 3.63) is 155 Å². The molecule has 1 heterocycles. The number of para-hydroxylation sites is 2. The van der Waals surface area contributed by atoms with Gasteiger partial charge < -0.3 is 25.1 Å². The highest BCUT2D eigenvalue weighted by Crippen LogP contribution is 2.43. The van der Waals surface area contributed by atoms with Crippen LogP contribution in [-0.4, -0.2) is 26.0 Å². The van der Waals surface area contributed by atoms with Crippen molar-refractivity contribution >= 4 is 23.3 Å². The van der Waals surface area contributed by atoms with Crippen molar-refractivity contribution in [2.45, 2.75) is 58.3 Å². The monoisotopic (exact) mass is 664 g/mol. The van der Waals surface area contributed by atoms with Gasteiger partial charge in [-0.3, -0.25) is 0 Å². The quantitative estimate of drug-likeness (QED) is 0.0507. The summed E-state index contributed by atoms with van der Waals surface area (Å²) in [7, 11) is 0. The second kappa shape index (κ2) is 17.7. The van der Waals surface area contributed by atoms with Gasteiger partial charge in [0.1, 0.15) is 17.9 Å². The minimum Gasteiger partial charge on any atom is -0.494 e. The zero-order chi connectivity index (χ0) is 35.2. The third kappa shape index (κ3) is 8.92. The summed E-state index contributed by atoms with van der Waals surface area (Å²) < 4.78 is 6.07. The summed E-state index contributed by atoms with van der Waals surface area (Å²) in [6, 6.07) is 36.1. The van der Waals surface area contributed by atoms with Gasteiger partial charge >= 0.3 is 0 Å². The van der Waals surface area contributed by atoms with Crippen LogP contribution in [0.5, 0.6) is 5.75 Å². The van der Waals surface area contributed by atoms with E-state index in [0.717, 1.165) is 66.3 Å². The van der Waals surface area contributed by atoms with E-state index in [0.29, 0.717) is 31.6 Å². The number of carbonyl (C=O) groups excluding carboxylic acids is 1. The number of fused-ring (bicyclic) bond motifs is 1. The molecular formula is C44H48N4O2. The number of benzene rings is 4. The van der Waals surface area contributed by atoms with Crippen molar-refractivity contribution in [1.82, 2.24) is 0 Å². The predicted octanol–water partition coefficient (Wildman–Crippen LogP) is 9.70. The standard InChI is InChI=1S/C44H48N4O2/c1-4-28-48-42-21-12-11-20-41(42)47-43(48)25-22-36(33-45)18-13-26-44(31-35-16-7-6-8-17-35,32-37-19-10-9-15-34(37)3)39-30-38(50-5-2)23-24-40(39)46-27-14-29-49/h6-13,15-25,29-30,46-47H,4-5,14,26-28,31-32H2,1-3H3/b18-13+,36-22-,43-25+. The van der Waals surface area contributed by atoms with Gasteiger partial charge in [0.2, 0.25) is 0 Å². The number of hydrogen-bond acceptors (Lipinski definition) is 6. The van der Waals surface area contributed by atoms with Crippen molar-refractivity contribution in [2.24, 2.45) is 0 Å². The van der Waals surface area contributed by atoms with Crippen LogP contribution in [0.15, 0.2) is 133 Å². The molecule has 0 radical (unpaired) electrons. The largest absolute Gasteiger partial charge is 0.494 e. The Hall–Kier alpha value is -5.54. The fourth-order valence-electron chi connectivity index (χ4n) is 6.76. The second-order valence-electron chi connectivity index (χ2n) is 12.8. The molecule has 256 valence electrons. The van der Waals surface area contributed by atoms with Crippen LogP contribution in [0.1, 0.15) is 55.4 Å². The number of aldehydes is 1. The van der Waals surface area contributed by atoms with Crippen molar-refractivity contribution < 1.29 is 9.53 Å². The summed E-state index contributed by atoms with van der Waals surface area (Å²) in [5.74, 6) is 1.77. The molecule has 1 aliphatic heterocycles. The number of nitrogens with zero attached hydrogens (tertiary/aromatic N) is 2. The first-order valence-corrected chi connectivity index (χ1v) is 17.7. The average molecular weight is 665 g/mol. The van der Waals surface area contributed by atoms with Crippen molar-refractivity contribution in [1.29, 1.82) is 5.26 Å². The molecule has 5 rings (SSSR count). The van der Waals surface area contributed by atoms with Crippen molar-refractivity contribution in [3.63, 3.8) is 0 Å². The third-order valence-electron chi connectivity index (χ3n) is 9.18.